The molecule has 0 aliphatic heterocycles. The van der Waals surface area contributed by atoms with Gasteiger partial charge >= 0.3 is 6.18 Å². The lowest BCUT2D eigenvalue weighted by atomic mass is 10.2. The normalized spacial score (nSPS) is 13.8. The maximum atomic E-state index is 12.0. The largest absolute Gasteiger partial charge is 0.401 e. The SMILES string of the molecule is CC(CNCC(F)(F)F)N(C)Cc1ccccc1Cl. The summed E-state index contributed by atoms with van der Waals surface area (Å²) in [6, 6.07) is 7.44. The average molecular weight is 295 g/mol. The average Bonchev–Trinajstić information content (AvgIpc) is 2.30. The van der Waals surface area contributed by atoms with Crippen LogP contribution in [0.5, 0.6) is 0 Å². The fourth-order valence-electron chi connectivity index (χ4n) is 1.63. The molecule has 1 rings (SSSR count). The summed E-state index contributed by atoms with van der Waals surface area (Å²) in [6.45, 7) is 1.80. The van der Waals surface area contributed by atoms with Crippen molar-refractivity contribution in [3.63, 3.8) is 0 Å². The third-order valence-corrected chi connectivity index (χ3v) is 3.26. The van der Waals surface area contributed by atoms with E-state index in [0.717, 1.165) is 5.56 Å². The van der Waals surface area contributed by atoms with E-state index < -0.39 is 12.7 Å². The van der Waals surface area contributed by atoms with Crippen molar-refractivity contribution in [1.29, 1.82) is 0 Å². The quantitative estimate of drug-likeness (QED) is 0.866. The number of hydrogen-bond acceptors (Lipinski definition) is 2. The number of nitrogens with zero attached hydrogens (tertiary/aromatic N) is 1. The molecule has 0 saturated carbocycles. The van der Waals surface area contributed by atoms with Crippen LogP contribution < -0.4 is 5.32 Å². The van der Waals surface area contributed by atoms with E-state index in [-0.39, 0.29) is 12.6 Å². The third kappa shape index (κ3) is 6.27. The lowest BCUT2D eigenvalue weighted by Gasteiger charge is -2.25. The number of benzene rings is 1. The van der Waals surface area contributed by atoms with Crippen LogP contribution in [0.4, 0.5) is 13.2 Å². The second-order valence-electron chi connectivity index (χ2n) is 4.60. The molecule has 1 aromatic carbocycles. The summed E-state index contributed by atoms with van der Waals surface area (Å²) in [4.78, 5) is 1.96. The first-order valence-corrected chi connectivity index (χ1v) is 6.38. The molecule has 0 spiro atoms. The summed E-state index contributed by atoms with van der Waals surface area (Å²) in [5, 5.41) is 3.08. The Bertz CT molecular complexity index is 396. The Morgan fingerprint density at radius 3 is 2.53 bits per heavy atom. The molecule has 0 aliphatic rings. The van der Waals surface area contributed by atoms with Gasteiger partial charge in [0.15, 0.2) is 0 Å². The molecule has 19 heavy (non-hydrogen) atoms. The van der Waals surface area contributed by atoms with Crippen LogP contribution in [-0.2, 0) is 6.54 Å². The molecule has 0 aliphatic carbocycles. The Morgan fingerprint density at radius 2 is 1.95 bits per heavy atom. The number of halogens is 4. The van der Waals surface area contributed by atoms with Gasteiger partial charge in [-0.1, -0.05) is 29.8 Å². The Morgan fingerprint density at radius 1 is 1.32 bits per heavy atom. The van der Waals surface area contributed by atoms with Crippen molar-refractivity contribution in [2.24, 2.45) is 0 Å². The third-order valence-electron chi connectivity index (χ3n) is 2.90. The van der Waals surface area contributed by atoms with E-state index in [1.54, 1.807) is 6.07 Å². The minimum atomic E-state index is -4.17. The molecule has 2 nitrogen and oxygen atoms in total. The van der Waals surface area contributed by atoms with Gasteiger partial charge < -0.3 is 5.32 Å². The predicted molar refractivity (Wildman–Crippen MR) is 71.3 cm³/mol. The topological polar surface area (TPSA) is 15.3 Å². The molecule has 0 heterocycles. The van der Waals surface area contributed by atoms with Gasteiger partial charge in [0.05, 0.1) is 6.54 Å². The molecule has 0 fully saturated rings. The van der Waals surface area contributed by atoms with Crippen molar-refractivity contribution in [3.8, 4) is 0 Å². The molecule has 1 N–H and O–H groups in total. The lowest BCUT2D eigenvalue weighted by Crippen LogP contribution is -2.40. The van der Waals surface area contributed by atoms with Crippen LogP contribution in [0.3, 0.4) is 0 Å². The van der Waals surface area contributed by atoms with Gasteiger partial charge in [0.1, 0.15) is 0 Å². The summed E-state index contributed by atoms with van der Waals surface area (Å²) in [7, 11) is 1.86. The minimum absolute atomic E-state index is 0.0152. The predicted octanol–water partition coefficient (Wildman–Crippen LogP) is 3.31. The second kappa shape index (κ2) is 7.12. The first-order valence-electron chi connectivity index (χ1n) is 6.00. The van der Waals surface area contributed by atoms with E-state index >= 15 is 0 Å². The molecule has 108 valence electrons. The molecule has 0 saturated heterocycles. The number of rotatable bonds is 6. The zero-order valence-electron chi connectivity index (χ0n) is 11.0. The number of alkyl halides is 3. The van der Waals surface area contributed by atoms with Crippen LogP contribution in [0.15, 0.2) is 24.3 Å². The summed E-state index contributed by atoms with van der Waals surface area (Å²) in [6.07, 6.45) is -4.17. The molecular formula is C13H18ClF3N2. The van der Waals surface area contributed by atoms with Gasteiger partial charge in [0.25, 0.3) is 0 Å². The summed E-state index contributed by atoms with van der Waals surface area (Å²) < 4.78 is 36.0. The standard InChI is InChI=1S/C13H18ClF3N2/c1-10(7-18-9-13(15,16)17)19(2)8-11-5-3-4-6-12(11)14/h3-6,10,18H,7-9H2,1-2H3. The molecule has 0 bridgehead atoms. The number of hydrogen-bond donors (Lipinski definition) is 1. The van der Waals surface area contributed by atoms with Gasteiger partial charge in [0.2, 0.25) is 0 Å². The fourth-order valence-corrected chi connectivity index (χ4v) is 1.83. The van der Waals surface area contributed by atoms with Gasteiger partial charge in [0, 0.05) is 24.2 Å². The highest BCUT2D eigenvalue weighted by atomic mass is 35.5. The van der Waals surface area contributed by atoms with Crippen molar-refractivity contribution in [2.75, 3.05) is 20.1 Å². The highest BCUT2D eigenvalue weighted by Crippen LogP contribution is 2.17. The zero-order valence-corrected chi connectivity index (χ0v) is 11.7. The van der Waals surface area contributed by atoms with E-state index in [0.29, 0.717) is 11.6 Å². The van der Waals surface area contributed by atoms with Crippen LogP contribution in [0, 0.1) is 0 Å². The van der Waals surface area contributed by atoms with Gasteiger partial charge in [-0.25, -0.2) is 0 Å². The molecule has 0 amide bonds. The van der Waals surface area contributed by atoms with E-state index in [4.69, 9.17) is 11.6 Å². The number of nitrogens with one attached hydrogen (secondary N) is 1. The molecule has 0 radical (unpaired) electrons. The fraction of sp³-hybridized carbons (Fsp3) is 0.538. The summed E-state index contributed by atoms with van der Waals surface area (Å²) >= 11 is 6.05. The van der Waals surface area contributed by atoms with E-state index in [2.05, 4.69) is 5.32 Å². The molecule has 1 unspecified atom stereocenters. The maximum Gasteiger partial charge on any atom is 0.401 e. The van der Waals surface area contributed by atoms with E-state index in [9.17, 15) is 13.2 Å². The van der Waals surface area contributed by atoms with E-state index in [1.807, 2.05) is 37.1 Å². The van der Waals surface area contributed by atoms with Crippen LogP contribution >= 0.6 is 11.6 Å². The van der Waals surface area contributed by atoms with Crippen molar-refractivity contribution in [2.45, 2.75) is 25.7 Å². The highest BCUT2D eigenvalue weighted by molar-refractivity contribution is 6.31. The Labute approximate surface area is 116 Å². The van der Waals surface area contributed by atoms with Crippen LogP contribution in [0.25, 0.3) is 0 Å². The highest BCUT2D eigenvalue weighted by Gasteiger charge is 2.26. The van der Waals surface area contributed by atoms with Crippen LogP contribution in [0.1, 0.15) is 12.5 Å². The summed E-state index contributed by atoms with van der Waals surface area (Å²) in [5.74, 6) is 0. The van der Waals surface area contributed by atoms with Crippen LogP contribution in [-0.4, -0.2) is 37.3 Å². The molecule has 1 atom stereocenters. The molecule has 1 aromatic rings. The van der Waals surface area contributed by atoms with Crippen molar-refractivity contribution in [1.82, 2.24) is 10.2 Å². The maximum absolute atomic E-state index is 12.0. The smallest absolute Gasteiger partial charge is 0.307 e. The zero-order chi connectivity index (χ0) is 14.5. The first-order chi connectivity index (χ1) is 8.79. The minimum Gasteiger partial charge on any atom is -0.307 e. The lowest BCUT2D eigenvalue weighted by molar-refractivity contribution is -0.125. The Hall–Kier alpha value is -0.780. The van der Waals surface area contributed by atoms with Crippen LogP contribution in [0.2, 0.25) is 5.02 Å². The van der Waals surface area contributed by atoms with Gasteiger partial charge in [-0.3, -0.25) is 4.90 Å². The molecule has 6 heteroatoms. The summed E-state index contributed by atoms with van der Waals surface area (Å²) in [5.41, 5.74) is 0.967. The van der Waals surface area contributed by atoms with Gasteiger partial charge in [-0.05, 0) is 25.6 Å². The molecule has 0 aromatic heterocycles. The van der Waals surface area contributed by atoms with Crippen molar-refractivity contribution >= 4 is 11.6 Å². The second-order valence-corrected chi connectivity index (χ2v) is 5.01. The van der Waals surface area contributed by atoms with E-state index in [1.165, 1.54) is 0 Å². The Balaban J connectivity index is 2.41. The van der Waals surface area contributed by atoms with Crippen molar-refractivity contribution < 1.29 is 13.2 Å². The monoisotopic (exact) mass is 294 g/mol. The number of likely N-dealkylation sites (N-methyl/N-ethyl adjacent to an activating group) is 1. The molecular weight excluding hydrogens is 277 g/mol. The van der Waals surface area contributed by atoms with Gasteiger partial charge in [-0.2, -0.15) is 13.2 Å². The Kier molecular flexibility index (Phi) is 6.10. The van der Waals surface area contributed by atoms with Crippen molar-refractivity contribution in [3.05, 3.63) is 34.9 Å². The first kappa shape index (κ1) is 16.3. The van der Waals surface area contributed by atoms with Gasteiger partial charge in [-0.15, -0.1) is 0 Å².